The van der Waals surface area contributed by atoms with Crippen LogP contribution in [-0.4, -0.2) is 28.4 Å². The van der Waals surface area contributed by atoms with Gasteiger partial charge in [0.1, 0.15) is 11.5 Å². The number of fused-ring (bicyclic) bond motifs is 1. The molecule has 0 unspecified atom stereocenters. The van der Waals surface area contributed by atoms with E-state index in [0.717, 1.165) is 47.7 Å². The Kier molecular flexibility index (Phi) is 3.74. The molecule has 6 heteroatoms. The van der Waals surface area contributed by atoms with Crippen molar-refractivity contribution in [3.63, 3.8) is 0 Å². The molecule has 1 aliphatic heterocycles. The lowest BCUT2D eigenvalue weighted by molar-refractivity contribution is 0.398. The van der Waals surface area contributed by atoms with Crippen molar-refractivity contribution in [3.8, 4) is 28.3 Å². The van der Waals surface area contributed by atoms with Gasteiger partial charge in [0.2, 0.25) is 5.88 Å². The quantitative estimate of drug-likeness (QED) is 0.805. The Labute approximate surface area is 139 Å². The first kappa shape index (κ1) is 14.8. The minimum Gasteiger partial charge on any atom is -0.481 e. The third kappa shape index (κ3) is 2.55. The van der Waals surface area contributed by atoms with Crippen molar-refractivity contribution in [1.29, 1.82) is 0 Å². The van der Waals surface area contributed by atoms with Gasteiger partial charge in [-0.15, -0.1) is 0 Å². The minimum absolute atomic E-state index is 0.253. The summed E-state index contributed by atoms with van der Waals surface area (Å²) in [7, 11) is 1.60. The average Bonchev–Trinajstić information content (AvgIpc) is 3.02. The summed E-state index contributed by atoms with van der Waals surface area (Å²) >= 11 is 0. The van der Waals surface area contributed by atoms with Crippen molar-refractivity contribution in [2.45, 2.75) is 13.1 Å². The van der Waals surface area contributed by atoms with Gasteiger partial charge in [-0.1, -0.05) is 0 Å². The summed E-state index contributed by atoms with van der Waals surface area (Å²) in [6.45, 7) is 2.44. The van der Waals surface area contributed by atoms with Crippen LogP contribution in [-0.2, 0) is 13.1 Å². The highest BCUT2D eigenvalue weighted by molar-refractivity contribution is 5.83. The third-order valence-electron chi connectivity index (χ3n) is 4.20. The van der Waals surface area contributed by atoms with Gasteiger partial charge in [0.05, 0.1) is 19.3 Å². The van der Waals surface area contributed by atoms with Crippen LogP contribution in [0.1, 0.15) is 5.69 Å². The van der Waals surface area contributed by atoms with Crippen LogP contribution < -0.4 is 10.1 Å². The van der Waals surface area contributed by atoms with Crippen molar-refractivity contribution in [3.05, 3.63) is 54.1 Å². The molecule has 0 saturated carbocycles. The van der Waals surface area contributed by atoms with Crippen LogP contribution in [0.3, 0.4) is 0 Å². The number of hydrogen-bond donors (Lipinski definition) is 1. The summed E-state index contributed by atoms with van der Waals surface area (Å²) in [6.07, 6.45) is 1.73. The van der Waals surface area contributed by atoms with Gasteiger partial charge < -0.3 is 10.1 Å². The highest BCUT2D eigenvalue weighted by atomic mass is 19.1. The van der Waals surface area contributed by atoms with Gasteiger partial charge in [0.25, 0.3) is 0 Å². The standard InChI is InChI=1S/C18H17FN4O/c1-24-16-10-13(6-7-21-16)17-15-11-20-8-9-23(15)22-18(17)12-2-4-14(19)5-3-12/h2-7,10,20H,8-9,11H2,1H3. The maximum absolute atomic E-state index is 13.3. The van der Waals surface area contributed by atoms with Gasteiger partial charge >= 0.3 is 0 Å². The summed E-state index contributed by atoms with van der Waals surface area (Å²) in [5.74, 6) is 0.304. The number of hydrogen-bond acceptors (Lipinski definition) is 4. The van der Waals surface area contributed by atoms with E-state index in [0.29, 0.717) is 5.88 Å². The molecule has 24 heavy (non-hydrogen) atoms. The highest BCUT2D eigenvalue weighted by Gasteiger charge is 2.22. The number of halogens is 1. The normalized spacial score (nSPS) is 13.6. The summed E-state index contributed by atoms with van der Waals surface area (Å²) in [6, 6.07) is 10.3. The lowest BCUT2D eigenvalue weighted by atomic mass is 9.99. The molecule has 122 valence electrons. The van der Waals surface area contributed by atoms with Crippen LogP contribution >= 0.6 is 0 Å². The van der Waals surface area contributed by atoms with Crippen molar-refractivity contribution in [2.24, 2.45) is 0 Å². The number of ether oxygens (including phenoxy) is 1. The summed E-state index contributed by atoms with van der Waals surface area (Å²) in [4.78, 5) is 4.18. The first-order valence-corrected chi connectivity index (χ1v) is 7.83. The molecule has 1 aliphatic rings. The monoisotopic (exact) mass is 324 g/mol. The molecule has 1 aromatic carbocycles. The molecule has 0 fully saturated rings. The van der Waals surface area contributed by atoms with Gasteiger partial charge in [-0.3, -0.25) is 4.68 Å². The van der Waals surface area contributed by atoms with Gasteiger partial charge in [-0.05, 0) is 35.9 Å². The van der Waals surface area contributed by atoms with E-state index in [1.54, 1.807) is 25.4 Å². The molecule has 0 bridgehead atoms. The number of pyridine rings is 1. The topological polar surface area (TPSA) is 52.0 Å². The zero-order valence-electron chi connectivity index (χ0n) is 13.3. The molecule has 0 amide bonds. The van der Waals surface area contributed by atoms with Crippen LogP contribution in [0.5, 0.6) is 5.88 Å². The van der Waals surface area contributed by atoms with Gasteiger partial charge in [-0.25, -0.2) is 9.37 Å². The van der Waals surface area contributed by atoms with Gasteiger partial charge in [0, 0.05) is 36.5 Å². The van der Waals surface area contributed by atoms with Crippen LogP contribution in [0.25, 0.3) is 22.4 Å². The van der Waals surface area contributed by atoms with E-state index in [1.807, 2.05) is 16.8 Å². The van der Waals surface area contributed by atoms with E-state index in [4.69, 9.17) is 9.84 Å². The SMILES string of the molecule is COc1cc(-c2c(-c3ccc(F)cc3)nn3c2CNCC3)ccn1. The summed E-state index contributed by atoms with van der Waals surface area (Å²) in [5.41, 5.74) is 4.89. The van der Waals surface area contributed by atoms with Crippen molar-refractivity contribution < 1.29 is 9.13 Å². The first-order chi connectivity index (χ1) is 11.8. The predicted molar refractivity (Wildman–Crippen MR) is 89.1 cm³/mol. The molecule has 3 aromatic rings. The maximum atomic E-state index is 13.3. The van der Waals surface area contributed by atoms with Gasteiger partial charge in [0.15, 0.2) is 0 Å². The minimum atomic E-state index is -0.253. The largest absolute Gasteiger partial charge is 0.481 e. The van der Waals surface area contributed by atoms with E-state index in [9.17, 15) is 4.39 Å². The van der Waals surface area contributed by atoms with E-state index in [1.165, 1.54) is 12.1 Å². The number of nitrogens with one attached hydrogen (secondary N) is 1. The Morgan fingerprint density at radius 1 is 1.17 bits per heavy atom. The van der Waals surface area contributed by atoms with E-state index >= 15 is 0 Å². The smallest absolute Gasteiger partial charge is 0.213 e. The third-order valence-corrected chi connectivity index (χ3v) is 4.20. The Morgan fingerprint density at radius 3 is 2.79 bits per heavy atom. The molecule has 0 aliphatic carbocycles. The number of benzene rings is 1. The summed E-state index contributed by atoms with van der Waals surface area (Å²) in [5, 5.41) is 8.16. The van der Waals surface area contributed by atoms with Crippen molar-refractivity contribution in [1.82, 2.24) is 20.1 Å². The Bertz CT molecular complexity index is 873. The van der Waals surface area contributed by atoms with Crippen LogP contribution in [0.4, 0.5) is 4.39 Å². The zero-order valence-corrected chi connectivity index (χ0v) is 13.3. The fourth-order valence-electron chi connectivity index (χ4n) is 3.04. The van der Waals surface area contributed by atoms with Crippen LogP contribution in [0, 0.1) is 5.82 Å². The number of rotatable bonds is 3. The highest BCUT2D eigenvalue weighted by Crippen LogP contribution is 2.36. The summed E-state index contributed by atoms with van der Waals surface area (Å²) < 4.78 is 20.6. The molecule has 4 rings (SSSR count). The lowest BCUT2D eigenvalue weighted by Gasteiger charge is -2.16. The Balaban J connectivity index is 1.93. The molecule has 0 atom stereocenters. The number of aromatic nitrogens is 3. The molecule has 3 heterocycles. The molecule has 0 saturated heterocycles. The molecule has 1 N–H and O–H groups in total. The van der Waals surface area contributed by atoms with Crippen molar-refractivity contribution >= 4 is 0 Å². The van der Waals surface area contributed by atoms with Crippen LogP contribution in [0.2, 0.25) is 0 Å². The van der Waals surface area contributed by atoms with E-state index < -0.39 is 0 Å². The van der Waals surface area contributed by atoms with Gasteiger partial charge in [-0.2, -0.15) is 5.10 Å². The van der Waals surface area contributed by atoms with E-state index in [-0.39, 0.29) is 5.82 Å². The number of methoxy groups -OCH3 is 1. The Hall–Kier alpha value is -2.73. The Morgan fingerprint density at radius 2 is 2.00 bits per heavy atom. The molecule has 2 aromatic heterocycles. The fraction of sp³-hybridized carbons (Fsp3) is 0.222. The van der Waals surface area contributed by atoms with Crippen molar-refractivity contribution in [2.75, 3.05) is 13.7 Å². The average molecular weight is 324 g/mol. The fourth-order valence-corrected chi connectivity index (χ4v) is 3.04. The predicted octanol–water partition coefficient (Wildman–Crippen LogP) is 2.86. The van der Waals surface area contributed by atoms with Crippen LogP contribution in [0.15, 0.2) is 42.6 Å². The maximum Gasteiger partial charge on any atom is 0.213 e. The molecule has 0 radical (unpaired) electrons. The molecule has 5 nitrogen and oxygen atoms in total. The second-order valence-electron chi connectivity index (χ2n) is 5.66. The first-order valence-electron chi connectivity index (χ1n) is 7.83. The van der Waals surface area contributed by atoms with E-state index in [2.05, 4.69) is 10.3 Å². The molecule has 0 spiro atoms. The molecular weight excluding hydrogens is 307 g/mol. The number of nitrogens with zero attached hydrogens (tertiary/aromatic N) is 3. The lowest BCUT2D eigenvalue weighted by Crippen LogP contribution is -2.28. The zero-order chi connectivity index (χ0) is 16.5. The second kappa shape index (κ2) is 6.05. The molecular formula is C18H17FN4O. The second-order valence-corrected chi connectivity index (χ2v) is 5.66.